The van der Waals surface area contributed by atoms with E-state index >= 15 is 0 Å². The number of thiophene rings is 1. The summed E-state index contributed by atoms with van der Waals surface area (Å²) >= 11 is 1.37. The lowest BCUT2D eigenvalue weighted by Gasteiger charge is -2.28. The van der Waals surface area contributed by atoms with Crippen molar-refractivity contribution in [1.29, 1.82) is 0 Å². The molecule has 0 N–H and O–H groups in total. The molecule has 1 fully saturated rings. The zero-order chi connectivity index (χ0) is 17.2. The average Bonchev–Trinajstić information content (AvgIpc) is 3.22. The monoisotopic (exact) mass is 365 g/mol. The molecule has 1 aliphatic rings. The first-order chi connectivity index (χ1) is 11.5. The average molecular weight is 365 g/mol. The lowest BCUT2D eigenvalue weighted by atomic mass is 10.1. The molecule has 1 amide bonds. The summed E-state index contributed by atoms with van der Waals surface area (Å²) in [6.45, 7) is 0.390. The van der Waals surface area contributed by atoms with E-state index in [2.05, 4.69) is 0 Å². The maximum absolute atomic E-state index is 12.8. The van der Waals surface area contributed by atoms with Crippen LogP contribution in [0.4, 0.5) is 0 Å². The number of carbonyl (C=O) groups excluding carboxylic acids is 1. The number of methoxy groups -OCH3 is 1. The first-order valence-corrected chi connectivity index (χ1v) is 10.4. The SMILES string of the molecule is COc1ccc(CN(C(=O)c2cccs2)[C@H]2CCS(=O)(=O)C2)cc1. The fraction of sp³-hybridized carbons (Fsp3) is 0.353. The number of sulfone groups is 1. The summed E-state index contributed by atoms with van der Waals surface area (Å²) in [6, 6.07) is 10.8. The number of hydrogen-bond acceptors (Lipinski definition) is 5. The second kappa shape index (κ2) is 6.94. The van der Waals surface area contributed by atoms with E-state index in [-0.39, 0.29) is 23.5 Å². The van der Waals surface area contributed by atoms with Gasteiger partial charge in [0.05, 0.1) is 23.5 Å². The summed E-state index contributed by atoms with van der Waals surface area (Å²) < 4.78 is 28.8. The van der Waals surface area contributed by atoms with Crippen molar-refractivity contribution in [3.63, 3.8) is 0 Å². The predicted molar refractivity (Wildman–Crippen MR) is 94.2 cm³/mol. The van der Waals surface area contributed by atoms with Crippen LogP contribution in [0.1, 0.15) is 21.7 Å². The summed E-state index contributed by atoms with van der Waals surface area (Å²) in [4.78, 5) is 15.2. The van der Waals surface area contributed by atoms with Gasteiger partial charge in [-0.25, -0.2) is 8.42 Å². The van der Waals surface area contributed by atoms with E-state index in [1.165, 1.54) is 11.3 Å². The van der Waals surface area contributed by atoms with E-state index in [9.17, 15) is 13.2 Å². The van der Waals surface area contributed by atoms with Crippen LogP contribution >= 0.6 is 11.3 Å². The van der Waals surface area contributed by atoms with Crippen molar-refractivity contribution in [2.24, 2.45) is 0 Å². The molecule has 2 heterocycles. The molecule has 24 heavy (non-hydrogen) atoms. The zero-order valence-corrected chi connectivity index (χ0v) is 15.0. The summed E-state index contributed by atoms with van der Waals surface area (Å²) in [7, 11) is -1.45. The molecule has 0 bridgehead atoms. The molecule has 1 atom stereocenters. The number of amides is 1. The third-order valence-electron chi connectivity index (χ3n) is 4.15. The molecule has 1 aromatic carbocycles. The Morgan fingerprint density at radius 3 is 2.58 bits per heavy atom. The van der Waals surface area contributed by atoms with Gasteiger partial charge in [0, 0.05) is 12.6 Å². The highest BCUT2D eigenvalue weighted by Gasteiger charge is 2.35. The molecule has 3 rings (SSSR count). The maximum Gasteiger partial charge on any atom is 0.264 e. The first kappa shape index (κ1) is 17.0. The molecule has 0 unspecified atom stereocenters. The Labute approximate surface area is 145 Å². The van der Waals surface area contributed by atoms with Crippen LogP contribution in [0, 0.1) is 0 Å². The van der Waals surface area contributed by atoms with E-state index in [1.807, 2.05) is 35.7 Å². The minimum absolute atomic E-state index is 0.0419. The largest absolute Gasteiger partial charge is 0.497 e. The molecule has 128 valence electrons. The Morgan fingerprint density at radius 2 is 2.04 bits per heavy atom. The standard InChI is InChI=1S/C17H19NO4S2/c1-22-15-6-4-13(5-7-15)11-18(14-8-10-24(20,21)12-14)17(19)16-3-2-9-23-16/h2-7,9,14H,8,10-12H2,1H3/t14-/m0/s1. The van der Waals surface area contributed by atoms with Gasteiger partial charge in [0.25, 0.3) is 5.91 Å². The molecule has 0 saturated carbocycles. The van der Waals surface area contributed by atoms with E-state index in [0.717, 1.165) is 11.3 Å². The normalized spacial score (nSPS) is 19.1. The minimum atomic E-state index is -3.06. The van der Waals surface area contributed by atoms with Crippen LogP contribution in [-0.2, 0) is 16.4 Å². The maximum atomic E-state index is 12.8. The van der Waals surface area contributed by atoms with Crippen molar-refractivity contribution in [1.82, 2.24) is 4.90 Å². The molecule has 0 radical (unpaired) electrons. The first-order valence-electron chi connectivity index (χ1n) is 7.66. The number of nitrogens with zero attached hydrogens (tertiary/aromatic N) is 1. The van der Waals surface area contributed by atoms with Crippen LogP contribution < -0.4 is 4.74 Å². The van der Waals surface area contributed by atoms with Crippen LogP contribution in [0.15, 0.2) is 41.8 Å². The van der Waals surface area contributed by atoms with Gasteiger partial charge in [0.2, 0.25) is 0 Å². The fourth-order valence-electron chi connectivity index (χ4n) is 2.86. The van der Waals surface area contributed by atoms with Gasteiger partial charge in [-0.15, -0.1) is 11.3 Å². The quantitative estimate of drug-likeness (QED) is 0.817. The molecule has 1 aliphatic heterocycles. The number of carbonyl (C=O) groups is 1. The Morgan fingerprint density at radius 1 is 1.29 bits per heavy atom. The highest BCUT2D eigenvalue weighted by Crippen LogP contribution is 2.24. The molecular weight excluding hydrogens is 346 g/mol. The minimum Gasteiger partial charge on any atom is -0.497 e. The summed E-state index contributed by atoms with van der Waals surface area (Å²) in [6.07, 6.45) is 0.496. The fourth-order valence-corrected chi connectivity index (χ4v) is 5.27. The summed E-state index contributed by atoms with van der Waals surface area (Å²) in [5, 5.41) is 1.85. The van der Waals surface area contributed by atoms with Crippen LogP contribution in [0.3, 0.4) is 0 Å². The molecule has 7 heteroatoms. The Balaban J connectivity index is 1.85. The molecule has 0 aliphatic carbocycles. The van der Waals surface area contributed by atoms with Crippen LogP contribution in [0.5, 0.6) is 5.75 Å². The lowest BCUT2D eigenvalue weighted by Crippen LogP contribution is -2.40. The molecule has 5 nitrogen and oxygen atoms in total. The van der Waals surface area contributed by atoms with Crippen LogP contribution in [0.2, 0.25) is 0 Å². The molecule has 1 saturated heterocycles. The van der Waals surface area contributed by atoms with Crippen molar-refractivity contribution in [2.45, 2.75) is 19.0 Å². The predicted octanol–water partition coefficient (Wildman–Crippen LogP) is 2.59. The number of rotatable bonds is 5. The topological polar surface area (TPSA) is 63.7 Å². The van der Waals surface area contributed by atoms with Crippen LogP contribution in [0.25, 0.3) is 0 Å². The molecular formula is C17H19NO4S2. The highest BCUT2D eigenvalue weighted by molar-refractivity contribution is 7.91. The number of ether oxygens (including phenoxy) is 1. The zero-order valence-electron chi connectivity index (χ0n) is 13.3. The van der Waals surface area contributed by atoms with Gasteiger partial charge in [-0.1, -0.05) is 18.2 Å². The van der Waals surface area contributed by atoms with Crippen molar-refractivity contribution >= 4 is 27.1 Å². The van der Waals surface area contributed by atoms with Gasteiger partial charge in [0.1, 0.15) is 5.75 Å². The Kier molecular flexibility index (Phi) is 4.91. The van der Waals surface area contributed by atoms with Crippen LogP contribution in [-0.4, -0.2) is 43.9 Å². The van der Waals surface area contributed by atoms with E-state index in [4.69, 9.17) is 4.74 Å². The van der Waals surface area contributed by atoms with E-state index in [0.29, 0.717) is 17.8 Å². The second-order valence-corrected chi connectivity index (χ2v) is 8.99. The summed E-state index contributed by atoms with van der Waals surface area (Å²) in [5.41, 5.74) is 0.949. The van der Waals surface area contributed by atoms with Gasteiger partial charge in [-0.2, -0.15) is 0 Å². The number of benzene rings is 1. The van der Waals surface area contributed by atoms with Gasteiger partial charge in [-0.05, 0) is 35.6 Å². The van der Waals surface area contributed by atoms with E-state index < -0.39 is 9.84 Å². The van der Waals surface area contributed by atoms with Gasteiger partial charge >= 0.3 is 0 Å². The molecule has 1 aromatic heterocycles. The number of hydrogen-bond donors (Lipinski definition) is 0. The smallest absolute Gasteiger partial charge is 0.264 e. The molecule has 0 spiro atoms. The van der Waals surface area contributed by atoms with Crippen molar-refractivity contribution < 1.29 is 17.9 Å². The third kappa shape index (κ3) is 3.79. The Bertz CT molecular complexity index is 798. The lowest BCUT2D eigenvalue weighted by molar-refractivity contribution is 0.0686. The second-order valence-electron chi connectivity index (χ2n) is 5.82. The molecule has 2 aromatic rings. The van der Waals surface area contributed by atoms with E-state index in [1.54, 1.807) is 18.1 Å². The van der Waals surface area contributed by atoms with Crippen molar-refractivity contribution in [3.8, 4) is 5.75 Å². The highest BCUT2D eigenvalue weighted by atomic mass is 32.2. The Hall–Kier alpha value is -1.86. The van der Waals surface area contributed by atoms with Crippen molar-refractivity contribution in [2.75, 3.05) is 18.6 Å². The summed E-state index contributed by atoms with van der Waals surface area (Å²) in [5.74, 6) is 0.829. The van der Waals surface area contributed by atoms with Crippen molar-refractivity contribution in [3.05, 3.63) is 52.2 Å². The third-order valence-corrected chi connectivity index (χ3v) is 6.76. The van der Waals surface area contributed by atoms with Gasteiger partial charge in [0.15, 0.2) is 9.84 Å². The van der Waals surface area contributed by atoms with Gasteiger partial charge in [-0.3, -0.25) is 4.79 Å². The van der Waals surface area contributed by atoms with Gasteiger partial charge < -0.3 is 9.64 Å².